The summed E-state index contributed by atoms with van der Waals surface area (Å²) in [4.78, 5) is 2.42. The summed E-state index contributed by atoms with van der Waals surface area (Å²) >= 11 is 0. The molecule has 1 N–H and O–H groups in total. The van der Waals surface area contributed by atoms with E-state index in [0.717, 1.165) is 31.9 Å². The Kier molecular flexibility index (Phi) is 5.89. The molecule has 1 rings (SSSR count). The molecule has 0 radical (unpaired) electrons. The third kappa shape index (κ3) is 5.23. The van der Waals surface area contributed by atoms with E-state index in [-0.39, 0.29) is 5.54 Å². The lowest BCUT2D eigenvalue weighted by atomic mass is 10.1. The van der Waals surface area contributed by atoms with Crippen LogP contribution >= 0.6 is 0 Å². The minimum Gasteiger partial charge on any atom is -0.468 e. The van der Waals surface area contributed by atoms with E-state index in [4.69, 9.17) is 4.42 Å². The molecule has 0 aliphatic heterocycles. The van der Waals surface area contributed by atoms with Gasteiger partial charge < -0.3 is 9.73 Å². The van der Waals surface area contributed by atoms with Gasteiger partial charge in [-0.3, -0.25) is 4.90 Å². The fourth-order valence-electron chi connectivity index (χ4n) is 1.89. The summed E-state index contributed by atoms with van der Waals surface area (Å²) in [5, 5.41) is 3.51. The van der Waals surface area contributed by atoms with Gasteiger partial charge in [0.1, 0.15) is 5.76 Å². The van der Waals surface area contributed by atoms with E-state index >= 15 is 0 Å². The first-order valence-electron chi connectivity index (χ1n) is 6.99. The molecule has 0 fully saturated rings. The van der Waals surface area contributed by atoms with Gasteiger partial charge in [0.15, 0.2) is 0 Å². The largest absolute Gasteiger partial charge is 0.468 e. The normalized spacial score (nSPS) is 12.3. The van der Waals surface area contributed by atoms with Crippen LogP contribution in [0.15, 0.2) is 16.7 Å². The van der Waals surface area contributed by atoms with Crippen molar-refractivity contribution >= 4 is 0 Å². The Bertz CT molecular complexity index is 339. The summed E-state index contributed by atoms with van der Waals surface area (Å²) in [6.07, 6.45) is 2.99. The van der Waals surface area contributed by atoms with Gasteiger partial charge in [0, 0.05) is 17.6 Å². The maximum atomic E-state index is 5.63. The number of rotatable bonds is 7. The summed E-state index contributed by atoms with van der Waals surface area (Å²) in [6.45, 7) is 15.0. The molecule has 1 aromatic heterocycles. The molecule has 0 aromatic carbocycles. The molecule has 1 heterocycles. The van der Waals surface area contributed by atoms with E-state index in [1.54, 1.807) is 6.26 Å². The van der Waals surface area contributed by atoms with E-state index in [9.17, 15) is 0 Å². The van der Waals surface area contributed by atoms with E-state index in [2.05, 4.69) is 50.9 Å². The fraction of sp³-hybridized carbons (Fsp3) is 0.733. The summed E-state index contributed by atoms with van der Waals surface area (Å²) in [6, 6.07) is 2.08. The highest BCUT2D eigenvalue weighted by Crippen LogP contribution is 2.14. The van der Waals surface area contributed by atoms with Crippen LogP contribution in [0.4, 0.5) is 0 Å². The highest BCUT2D eigenvalue weighted by atomic mass is 16.3. The quantitative estimate of drug-likeness (QED) is 0.806. The number of hydrogen-bond donors (Lipinski definition) is 1. The zero-order valence-electron chi connectivity index (χ0n) is 12.5. The van der Waals surface area contributed by atoms with Crippen LogP contribution in [0.1, 0.15) is 52.4 Å². The molecule has 0 aliphatic carbocycles. The molecule has 0 unspecified atom stereocenters. The molecule has 3 heteroatoms. The summed E-state index contributed by atoms with van der Waals surface area (Å²) in [5.41, 5.74) is 1.42. The fourth-order valence-corrected chi connectivity index (χ4v) is 1.89. The zero-order valence-corrected chi connectivity index (χ0v) is 12.5. The summed E-state index contributed by atoms with van der Waals surface area (Å²) in [7, 11) is 0. The summed E-state index contributed by atoms with van der Waals surface area (Å²) in [5.74, 6) is 1.10. The highest BCUT2D eigenvalue weighted by Gasteiger charge is 2.13. The first kappa shape index (κ1) is 15.3. The van der Waals surface area contributed by atoms with Crippen LogP contribution < -0.4 is 5.32 Å². The van der Waals surface area contributed by atoms with Crippen LogP contribution in [0.3, 0.4) is 0 Å². The maximum absolute atomic E-state index is 5.63. The first-order valence-corrected chi connectivity index (χ1v) is 6.99. The Morgan fingerprint density at radius 3 is 2.56 bits per heavy atom. The van der Waals surface area contributed by atoms with Gasteiger partial charge in [-0.15, -0.1) is 0 Å². The van der Waals surface area contributed by atoms with Crippen LogP contribution in [-0.4, -0.2) is 23.5 Å². The van der Waals surface area contributed by atoms with Gasteiger partial charge in [-0.2, -0.15) is 0 Å². The monoisotopic (exact) mass is 252 g/mol. The minimum atomic E-state index is 0.141. The molecule has 3 nitrogen and oxygen atoms in total. The summed E-state index contributed by atoms with van der Waals surface area (Å²) < 4.78 is 5.63. The van der Waals surface area contributed by atoms with Crippen LogP contribution in [-0.2, 0) is 13.1 Å². The van der Waals surface area contributed by atoms with E-state index in [0.29, 0.717) is 0 Å². The lowest BCUT2D eigenvalue weighted by molar-refractivity contribution is 0.254. The van der Waals surface area contributed by atoms with E-state index in [1.165, 1.54) is 12.0 Å². The molecule has 0 aliphatic rings. The average Bonchev–Trinajstić information content (AvgIpc) is 2.72. The SMILES string of the molecule is CCCN(CC)Cc1occc1CNC(C)(C)C. The molecule has 0 saturated heterocycles. The predicted octanol–water partition coefficient (Wildman–Crippen LogP) is 3.40. The molecule has 0 saturated carbocycles. The van der Waals surface area contributed by atoms with Crippen LogP contribution in [0.2, 0.25) is 0 Å². The van der Waals surface area contributed by atoms with Crippen LogP contribution in [0, 0.1) is 0 Å². The molecular formula is C15H28N2O. The van der Waals surface area contributed by atoms with Crippen molar-refractivity contribution in [3.8, 4) is 0 Å². The van der Waals surface area contributed by atoms with Crippen LogP contribution in [0.25, 0.3) is 0 Å². The second kappa shape index (κ2) is 6.95. The highest BCUT2D eigenvalue weighted by molar-refractivity contribution is 5.17. The van der Waals surface area contributed by atoms with Crippen molar-refractivity contribution in [1.82, 2.24) is 10.2 Å². The number of furan rings is 1. The molecule has 0 bridgehead atoms. The Hall–Kier alpha value is -0.800. The Labute approximate surface area is 112 Å². The Morgan fingerprint density at radius 1 is 1.28 bits per heavy atom. The van der Waals surface area contributed by atoms with Crippen molar-refractivity contribution in [3.05, 3.63) is 23.7 Å². The van der Waals surface area contributed by atoms with Gasteiger partial charge in [-0.25, -0.2) is 0 Å². The molecule has 0 spiro atoms. The molecule has 104 valence electrons. The van der Waals surface area contributed by atoms with Crippen molar-refractivity contribution in [2.75, 3.05) is 13.1 Å². The van der Waals surface area contributed by atoms with Crippen molar-refractivity contribution in [3.63, 3.8) is 0 Å². The first-order chi connectivity index (χ1) is 8.46. The van der Waals surface area contributed by atoms with Crippen molar-refractivity contribution < 1.29 is 4.42 Å². The van der Waals surface area contributed by atoms with Crippen LogP contribution in [0.5, 0.6) is 0 Å². The minimum absolute atomic E-state index is 0.141. The van der Waals surface area contributed by atoms with Gasteiger partial charge in [-0.1, -0.05) is 13.8 Å². The zero-order chi connectivity index (χ0) is 13.6. The number of hydrogen-bond acceptors (Lipinski definition) is 3. The molecular weight excluding hydrogens is 224 g/mol. The topological polar surface area (TPSA) is 28.4 Å². The molecule has 1 aromatic rings. The van der Waals surface area contributed by atoms with Gasteiger partial charge in [-0.05, 0) is 46.3 Å². The van der Waals surface area contributed by atoms with Crippen molar-refractivity contribution in [2.24, 2.45) is 0 Å². The van der Waals surface area contributed by atoms with Crippen molar-refractivity contribution in [1.29, 1.82) is 0 Å². The lowest BCUT2D eigenvalue weighted by Crippen LogP contribution is -2.35. The number of nitrogens with one attached hydrogen (secondary N) is 1. The molecule has 18 heavy (non-hydrogen) atoms. The predicted molar refractivity (Wildman–Crippen MR) is 76.5 cm³/mol. The van der Waals surface area contributed by atoms with E-state index < -0.39 is 0 Å². The van der Waals surface area contributed by atoms with E-state index in [1.807, 2.05) is 0 Å². The smallest absolute Gasteiger partial charge is 0.122 e. The standard InChI is InChI=1S/C15H28N2O/c1-6-9-17(7-2)12-14-13(8-10-18-14)11-16-15(3,4)5/h8,10,16H,6-7,9,11-12H2,1-5H3. The molecule has 0 atom stereocenters. The Balaban J connectivity index is 2.58. The lowest BCUT2D eigenvalue weighted by Gasteiger charge is -2.22. The average molecular weight is 252 g/mol. The van der Waals surface area contributed by atoms with Gasteiger partial charge in [0.05, 0.1) is 12.8 Å². The number of nitrogens with zero attached hydrogens (tertiary/aromatic N) is 1. The molecule has 0 amide bonds. The van der Waals surface area contributed by atoms with Gasteiger partial charge in [0.2, 0.25) is 0 Å². The second-order valence-electron chi connectivity index (χ2n) is 5.84. The second-order valence-corrected chi connectivity index (χ2v) is 5.84. The third-order valence-corrected chi connectivity index (χ3v) is 3.00. The van der Waals surface area contributed by atoms with Gasteiger partial charge in [0.25, 0.3) is 0 Å². The maximum Gasteiger partial charge on any atom is 0.122 e. The Morgan fingerprint density at radius 2 is 2.00 bits per heavy atom. The van der Waals surface area contributed by atoms with Crippen molar-refractivity contribution in [2.45, 2.75) is 59.7 Å². The van der Waals surface area contributed by atoms with Gasteiger partial charge >= 0.3 is 0 Å². The third-order valence-electron chi connectivity index (χ3n) is 3.00.